The van der Waals surface area contributed by atoms with E-state index in [9.17, 15) is 9.59 Å². The summed E-state index contributed by atoms with van der Waals surface area (Å²) in [4.78, 5) is 22.5. The van der Waals surface area contributed by atoms with Crippen LogP contribution >= 0.6 is 11.3 Å². The van der Waals surface area contributed by atoms with E-state index in [4.69, 9.17) is 14.9 Å². The van der Waals surface area contributed by atoms with Gasteiger partial charge in [-0.3, -0.25) is 4.79 Å². The maximum Gasteiger partial charge on any atom is 0.345 e. The van der Waals surface area contributed by atoms with Gasteiger partial charge in [0.1, 0.15) is 10.5 Å². The molecule has 0 aliphatic rings. The number of amides is 1. The number of aromatic carboxylic acids is 1. The second-order valence-electron chi connectivity index (χ2n) is 4.00. The van der Waals surface area contributed by atoms with Gasteiger partial charge in [-0.25, -0.2) is 4.79 Å². The lowest BCUT2D eigenvalue weighted by atomic mass is 10.1. The summed E-state index contributed by atoms with van der Waals surface area (Å²) in [6.07, 6.45) is 0. The number of thiophene rings is 1. The summed E-state index contributed by atoms with van der Waals surface area (Å²) in [5.74, 6) is -1.45. The molecule has 0 aliphatic carbocycles. The van der Waals surface area contributed by atoms with Crippen LogP contribution in [0.2, 0.25) is 0 Å². The van der Waals surface area contributed by atoms with Gasteiger partial charge in [-0.2, -0.15) is 0 Å². The van der Waals surface area contributed by atoms with Crippen LogP contribution in [0.25, 0.3) is 0 Å². The third-order valence-corrected chi connectivity index (χ3v) is 3.44. The van der Waals surface area contributed by atoms with Gasteiger partial charge in [0.15, 0.2) is 0 Å². The molecule has 100 valence electrons. The predicted molar refractivity (Wildman–Crippen MR) is 66.1 cm³/mol. The summed E-state index contributed by atoms with van der Waals surface area (Å²) in [5.41, 5.74) is -0.560. The summed E-state index contributed by atoms with van der Waals surface area (Å²) in [6, 6.07) is 1.31. The fourth-order valence-electron chi connectivity index (χ4n) is 1.13. The molecule has 0 fully saturated rings. The van der Waals surface area contributed by atoms with Crippen molar-refractivity contribution in [1.82, 2.24) is 5.32 Å². The van der Waals surface area contributed by atoms with E-state index in [1.165, 1.54) is 18.6 Å². The van der Waals surface area contributed by atoms with Crippen LogP contribution in [0.15, 0.2) is 11.4 Å². The molecule has 0 saturated heterocycles. The minimum atomic E-state index is -1.06. The molecule has 0 aliphatic heterocycles. The van der Waals surface area contributed by atoms with E-state index >= 15 is 0 Å². The smallest absolute Gasteiger partial charge is 0.345 e. The molecule has 1 rings (SSSR count). The Kier molecular flexibility index (Phi) is 4.83. The number of carbonyl (C=O) groups excluding carboxylic acids is 1. The predicted octanol–water partition coefficient (Wildman–Crippen LogP) is 0.573. The number of ether oxygens (including phenoxy) is 1. The molecule has 1 unspecified atom stereocenters. The summed E-state index contributed by atoms with van der Waals surface area (Å²) in [7, 11) is 1.44. The maximum absolute atomic E-state index is 11.7. The molecule has 0 spiro atoms. The third-order valence-electron chi connectivity index (χ3n) is 2.52. The molecule has 0 bridgehead atoms. The number of hydrogen-bond donors (Lipinski definition) is 3. The number of methoxy groups -OCH3 is 1. The fourth-order valence-corrected chi connectivity index (χ4v) is 1.85. The molecule has 1 heterocycles. The van der Waals surface area contributed by atoms with Crippen LogP contribution < -0.4 is 5.32 Å². The quantitative estimate of drug-likeness (QED) is 0.704. The van der Waals surface area contributed by atoms with E-state index in [1.54, 1.807) is 6.92 Å². The summed E-state index contributed by atoms with van der Waals surface area (Å²) in [6.45, 7) is 1.56. The molecule has 1 amide bonds. The minimum Gasteiger partial charge on any atom is -0.477 e. The van der Waals surface area contributed by atoms with E-state index in [2.05, 4.69) is 5.32 Å². The monoisotopic (exact) mass is 273 g/mol. The van der Waals surface area contributed by atoms with Crippen molar-refractivity contribution >= 4 is 23.2 Å². The SMILES string of the molecule is COC(C)(CO)CNC(=O)c1csc(C(=O)O)c1. The lowest BCUT2D eigenvalue weighted by Crippen LogP contribution is -2.44. The van der Waals surface area contributed by atoms with Crippen molar-refractivity contribution in [3.8, 4) is 0 Å². The minimum absolute atomic E-state index is 0.108. The molecule has 18 heavy (non-hydrogen) atoms. The van der Waals surface area contributed by atoms with Crippen molar-refractivity contribution < 1.29 is 24.5 Å². The Morgan fingerprint density at radius 1 is 1.56 bits per heavy atom. The van der Waals surface area contributed by atoms with Crippen molar-refractivity contribution in [3.63, 3.8) is 0 Å². The highest BCUT2D eigenvalue weighted by atomic mass is 32.1. The Balaban J connectivity index is 2.62. The van der Waals surface area contributed by atoms with Gasteiger partial charge < -0.3 is 20.3 Å². The van der Waals surface area contributed by atoms with Crippen molar-refractivity contribution in [1.29, 1.82) is 0 Å². The molecule has 1 aromatic rings. The molecule has 0 aromatic carbocycles. The van der Waals surface area contributed by atoms with Crippen LogP contribution in [-0.4, -0.2) is 48.0 Å². The van der Waals surface area contributed by atoms with Gasteiger partial charge in [-0.15, -0.1) is 11.3 Å². The van der Waals surface area contributed by atoms with E-state index < -0.39 is 17.5 Å². The van der Waals surface area contributed by atoms with Crippen LogP contribution in [0.5, 0.6) is 0 Å². The van der Waals surface area contributed by atoms with Crippen LogP contribution in [0.1, 0.15) is 27.0 Å². The van der Waals surface area contributed by atoms with Crippen LogP contribution in [0.4, 0.5) is 0 Å². The number of aliphatic hydroxyl groups is 1. The molecule has 0 saturated carbocycles. The lowest BCUT2D eigenvalue weighted by molar-refractivity contribution is -0.0347. The molecule has 3 N–H and O–H groups in total. The standard InChI is InChI=1S/C11H15NO5S/c1-11(6-13,17-2)5-12-9(14)7-3-8(10(15)16)18-4-7/h3-4,13H,5-6H2,1-2H3,(H,12,14)(H,15,16). The Labute approximate surface area is 108 Å². The van der Waals surface area contributed by atoms with Gasteiger partial charge in [0.05, 0.1) is 12.2 Å². The average molecular weight is 273 g/mol. The average Bonchev–Trinajstić information content (AvgIpc) is 2.85. The highest BCUT2D eigenvalue weighted by molar-refractivity contribution is 7.12. The number of carboxylic acids is 1. The molecule has 6 nitrogen and oxygen atoms in total. The second kappa shape index (κ2) is 5.94. The van der Waals surface area contributed by atoms with Crippen LogP contribution in [0, 0.1) is 0 Å². The zero-order valence-corrected chi connectivity index (χ0v) is 10.9. The maximum atomic E-state index is 11.7. The van der Waals surface area contributed by atoms with Gasteiger partial charge in [0.2, 0.25) is 0 Å². The zero-order valence-electron chi connectivity index (χ0n) is 10.1. The normalized spacial score (nSPS) is 13.9. The largest absolute Gasteiger partial charge is 0.477 e. The Bertz CT molecular complexity index is 438. The van der Waals surface area contributed by atoms with Crippen LogP contribution in [0.3, 0.4) is 0 Å². The first kappa shape index (κ1) is 14.6. The van der Waals surface area contributed by atoms with Crippen molar-refractivity contribution in [2.45, 2.75) is 12.5 Å². The number of rotatable bonds is 6. The summed E-state index contributed by atoms with van der Waals surface area (Å²) < 4.78 is 5.06. The van der Waals surface area contributed by atoms with Crippen molar-refractivity contribution in [3.05, 3.63) is 21.9 Å². The highest BCUT2D eigenvalue weighted by Gasteiger charge is 2.23. The van der Waals surface area contributed by atoms with E-state index in [0.717, 1.165) is 11.3 Å². The highest BCUT2D eigenvalue weighted by Crippen LogP contribution is 2.15. The van der Waals surface area contributed by atoms with Gasteiger partial charge in [-0.1, -0.05) is 0 Å². The first-order chi connectivity index (χ1) is 8.41. The first-order valence-corrected chi connectivity index (χ1v) is 6.06. The molecule has 7 heteroatoms. The van der Waals surface area contributed by atoms with Gasteiger partial charge >= 0.3 is 5.97 Å². The Morgan fingerprint density at radius 3 is 2.67 bits per heavy atom. The topological polar surface area (TPSA) is 95.9 Å². The Morgan fingerprint density at radius 2 is 2.22 bits per heavy atom. The number of hydrogen-bond acceptors (Lipinski definition) is 5. The van der Waals surface area contributed by atoms with E-state index in [1.807, 2.05) is 0 Å². The van der Waals surface area contributed by atoms with E-state index in [0.29, 0.717) is 0 Å². The molecule has 1 aromatic heterocycles. The van der Waals surface area contributed by atoms with Crippen LogP contribution in [-0.2, 0) is 4.74 Å². The first-order valence-electron chi connectivity index (χ1n) is 5.18. The summed E-state index contributed by atoms with van der Waals surface area (Å²) in [5, 5.41) is 21.9. The summed E-state index contributed by atoms with van der Waals surface area (Å²) >= 11 is 0.990. The van der Waals surface area contributed by atoms with Gasteiger partial charge in [0, 0.05) is 19.0 Å². The third kappa shape index (κ3) is 3.52. The molecule has 0 radical (unpaired) electrons. The van der Waals surface area contributed by atoms with Gasteiger partial charge in [0.25, 0.3) is 5.91 Å². The number of aliphatic hydroxyl groups excluding tert-OH is 1. The number of carboxylic acid groups (broad SMARTS) is 1. The van der Waals surface area contributed by atoms with Crippen molar-refractivity contribution in [2.75, 3.05) is 20.3 Å². The fraction of sp³-hybridized carbons (Fsp3) is 0.455. The van der Waals surface area contributed by atoms with E-state index in [-0.39, 0.29) is 23.6 Å². The zero-order chi connectivity index (χ0) is 13.8. The van der Waals surface area contributed by atoms with Crippen molar-refractivity contribution in [2.24, 2.45) is 0 Å². The van der Waals surface area contributed by atoms with Gasteiger partial charge in [-0.05, 0) is 13.0 Å². The second-order valence-corrected chi connectivity index (χ2v) is 4.91. The Hall–Kier alpha value is -1.44. The molecule has 1 atom stereocenters. The molecular weight excluding hydrogens is 258 g/mol. The molecular formula is C11H15NO5S. The number of carbonyl (C=O) groups is 2. The lowest BCUT2D eigenvalue weighted by Gasteiger charge is -2.25. The number of nitrogens with one attached hydrogen (secondary N) is 1.